The third kappa shape index (κ3) is 2.67. The van der Waals surface area contributed by atoms with Crippen LogP contribution in [-0.2, 0) is 0 Å². The molecule has 1 heterocycles. The summed E-state index contributed by atoms with van der Waals surface area (Å²) in [5.41, 5.74) is 5.75. The molecule has 0 aromatic carbocycles. The van der Waals surface area contributed by atoms with Gasteiger partial charge in [0.15, 0.2) is 0 Å². The van der Waals surface area contributed by atoms with Crippen molar-refractivity contribution in [2.75, 3.05) is 13.1 Å². The molecule has 0 amide bonds. The zero-order valence-electron chi connectivity index (χ0n) is 9.49. The highest BCUT2D eigenvalue weighted by Crippen LogP contribution is 2.24. The summed E-state index contributed by atoms with van der Waals surface area (Å²) >= 11 is 5.10. The van der Waals surface area contributed by atoms with E-state index >= 15 is 0 Å². The quantitative estimate of drug-likeness (QED) is 0.729. The van der Waals surface area contributed by atoms with Gasteiger partial charge >= 0.3 is 0 Å². The molecule has 0 radical (unpaired) electrons. The van der Waals surface area contributed by atoms with E-state index in [0.29, 0.717) is 11.0 Å². The summed E-state index contributed by atoms with van der Waals surface area (Å²) < 4.78 is 0. The fourth-order valence-corrected chi connectivity index (χ4v) is 2.53. The van der Waals surface area contributed by atoms with Gasteiger partial charge in [-0.3, -0.25) is 4.90 Å². The van der Waals surface area contributed by atoms with Gasteiger partial charge < -0.3 is 5.73 Å². The molecule has 1 saturated heterocycles. The van der Waals surface area contributed by atoms with Crippen LogP contribution in [0.15, 0.2) is 0 Å². The van der Waals surface area contributed by atoms with Gasteiger partial charge in [-0.25, -0.2) is 0 Å². The predicted octanol–water partition coefficient (Wildman–Crippen LogP) is 2.03. The monoisotopic (exact) mass is 214 g/mol. The molecule has 0 aliphatic carbocycles. The number of piperidine rings is 1. The lowest BCUT2D eigenvalue weighted by molar-refractivity contribution is 0.119. The Hall–Kier alpha value is -0.150. The molecule has 3 atom stereocenters. The number of hydrogen-bond donors (Lipinski definition) is 1. The second-order valence-electron chi connectivity index (χ2n) is 4.56. The summed E-state index contributed by atoms with van der Waals surface area (Å²) in [5, 5.41) is 0. The van der Waals surface area contributed by atoms with Gasteiger partial charge in [-0.15, -0.1) is 0 Å². The van der Waals surface area contributed by atoms with Crippen LogP contribution in [0, 0.1) is 11.8 Å². The van der Waals surface area contributed by atoms with Gasteiger partial charge in [-0.1, -0.05) is 33.0 Å². The van der Waals surface area contributed by atoms with Gasteiger partial charge in [-0.05, 0) is 31.2 Å². The molecule has 0 spiro atoms. The summed E-state index contributed by atoms with van der Waals surface area (Å²) in [6.07, 6.45) is 2.32. The predicted molar refractivity (Wildman–Crippen MR) is 65.4 cm³/mol. The van der Waals surface area contributed by atoms with Crippen molar-refractivity contribution in [2.45, 2.75) is 39.7 Å². The minimum absolute atomic E-state index is 0.319. The standard InChI is InChI=1S/C11H22N2S/c1-4-10(11(12)14)13-6-5-8(2)9(3)7-13/h8-10H,4-7H2,1-3H3,(H2,12,14). The molecule has 82 valence electrons. The maximum absolute atomic E-state index is 5.75. The van der Waals surface area contributed by atoms with Crippen LogP contribution in [0.1, 0.15) is 33.6 Å². The summed E-state index contributed by atoms with van der Waals surface area (Å²) in [7, 11) is 0. The molecule has 1 rings (SSSR count). The number of likely N-dealkylation sites (tertiary alicyclic amines) is 1. The fourth-order valence-electron chi connectivity index (χ4n) is 2.22. The van der Waals surface area contributed by atoms with Crippen LogP contribution in [0.4, 0.5) is 0 Å². The molecule has 0 saturated carbocycles. The SMILES string of the molecule is CCC(C(N)=S)N1CCC(C)C(C)C1. The van der Waals surface area contributed by atoms with E-state index in [1.807, 2.05) is 0 Å². The van der Waals surface area contributed by atoms with Crippen molar-refractivity contribution in [1.29, 1.82) is 0 Å². The van der Waals surface area contributed by atoms with Crippen molar-refractivity contribution in [3.63, 3.8) is 0 Å². The maximum atomic E-state index is 5.75. The van der Waals surface area contributed by atoms with Crippen LogP contribution in [0.25, 0.3) is 0 Å². The van der Waals surface area contributed by atoms with Gasteiger partial charge in [-0.2, -0.15) is 0 Å². The van der Waals surface area contributed by atoms with Crippen molar-refractivity contribution in [2.24, 2.45) is 17.6 Å². The van der Waals surface area contributed by atoms with Crippen molar-refractivity contribution < 1.29 is 0 Å². The molecule has 0 aromatic rings. The minimum atomic E-state index is 0.319. The largest absolute Gasteiger partial charge is 0.392 e. The Bertz CT molecular complexity index is 205. The molecular weight excluding hydrogens is 192 g/mol. The van der Waals surface area contributed by atoms with Crippen molar-refractivity contribution in [1.82, 2.24) is 4.90 Å². The van der Waals surface area contributed by atoms with E-state index in [9.17, 15) is 0 Å². The van der Waals surface area contributed by atoms with Crippen LogP contribution < -0.4 is 5.73 Å². The van der Waals surface area contributed by atoms with Crippen molar-refractivity contribution in [3.05, 3.63) is 0 Å². The number of thiocarbonyl (C=S) groups is 1. The summed E-state index contributed by atoms with van der Waals surface area (Å²) in [6.45, 7) is 9.12. The zero-order valence-corrected chi connectivity index (χ0v) is 10.3. The van der Waals surface area contributed by atoms with Crippen molar-refractivity contribution in [3.8, 4) is 0 Å². The van der Waals surface area contributed by atoms with E-state index in [1.165, 1.54) is 6.42 Å². The van der Waals surface area contributed by atoms with Gasteiger partial charge in [0.25, 0.3) is 0 Å². The number of nitrogens with two attached hydrogens (primary N) is 1. The van der Waals surface area contributed by atoms with Crippen LogP contribution >= 0.6 is 12.2 Å². The van der Waals surface area contributed by atoms with E-state index < -0.39 is 0 Å². The maximum Gasteiger partial charge on any atom is 0.0901 e. The first-order valence-electron chi connectivity index (χ1n) is 5.59. The van der Waals surface area contributed by atoms with Crippen LogP contribution in [0.3, 0.4) is 0 Å². The Kier molecular flexibility index (Phi) is 4.32. The van der Waals surface area contributed by atoms with Gasteiger partial charge in [0.2, 0.25) is 0 Å². The molecule has 1 fully saturated rings. The molecule has 2 nitrogen and oxygen atoms in total. The lowest BCUT2D eigenvalue weighted by Gasteiger charge is -2.39. The average molecular weight is 214 g/mol. The van der Waals surface area contributed by atoms with Gasteiger partial charge in [0, 0.05) is 6.54 Å². The van der Waals surface area contributed by atoms with Crippen LogP contribution in [0.5, 0.6) is 0 Å². The fraction of sp³-hybridized carbons (Fsp3) is 0.909. The topological polar surface area (TPSA) is 29.3 Å². The lowest BCUT2D eigenvalue weighted by atomic mass is 9.88. The highest BCUT2D eigenvalue weighted by molar-refractivity contribution is 7.80. The molecule has 3 heteroatoms. The lowest BCUT2D eigenvalue weighted by Crippen LogP contribution is -2.49. The molecule has 14 heavy (non-hydrogen) atoms. The van der Waals surface area contributed by atoms with E-state index in [1.54, 1.807) is 0 Å². The van der Waals surface area contributed by atoms with E-state index in [4.69, 9.17) is 18.0 Å². The Labute approximate surface area is 92.8 Å². The normalized spacial score (nSPS) is 31.4. The van der Waals surface area contributed by atoms with E-state index in [-0.39, 0.29) is 0 Å². The highest BCUT2D eigenvalue weighted by Gasteiger charge is 2.27. The van der Waals surface area contributed by atoms with Gasteiger partial charge in [0.1, 0.15) is 0 Å². The molecule has 2 N–H and O–H groups in total. The smallest absolute Gasteiger partial charge is 0.0901 e. The minimum Gasteiger partial charge on any atom is -0.392 e. The Morgan fingerprint density at radius 1 is 1.50 bits per heavy atom. The third-order valence-corrected chi connectivity index (χ3v) is 3.79. The number of rotatable bonds is 3. The number of hydrogen-bond acceptors (Lipinski definition) is 2. The second-order valence-corrected chi connectivity index (χ2v) is 5.04. The average Bonchev–Trinajstić information content (AvgIpc) is 2.11. The van der Waals surface area contributed by atoms with E-state index in [2.05, 4.69) is 25.7 Å². The zero-order chi connectivity index (χ0) is 10.7. The summed E-state index contributed by atoms with van der Waals surface area (Å²) in [6, 6.07) is 0.319. The Morgan fingerprint density at radius 3 is 2.57 bits per heavy atom. The molecule has 1 aliphatic heterocycles. The van der Waals surface area contributed by atoms with Crippen LogP contribution in [0.2, 0.25) is 0 Å². The molecule has 3 unspecified atom stereocenters. The molecule has 0 aromatic heterocycles. The molecular formula is C11H22N2S. The first kappa shape index (κ1) is 11.9. The first-order chi connectivity index (χ1) is 6.56. The van der Waals surface area contributed by atoms with E-state index in [0.717, 1.165) is 31.3 Å². The summed E-state index contributed by atoms with van der Waals surface area (Å²) in [5.74, 6) is 1.61. The Morgan fingerprint density at radius 2 is 2.14 bits per heavy atom. The molecule has 0 bridgehead atoms. The Balaban J connectivity index is 2.56. The summed E-state index contributed by atoms with van der Waals surface area (Å²) in [4.78, 5) is 3.11. The number of nitrogens with zero attached hydrogens (tertiary/aromatic N) is 1. The third-order valence-electron chi connectivity index (χ3n) is 3.52. The van der Waals surface area contributed by atoms with Crippen LogP contribution in [-0.4, -0.2) is 29.0 Å². The van der Waals surface area contributed by atoms with Crippen molar-refractivity contribution >= 4 is 17.2 Å². The second kappa shape index (κ2) is 5.08. The first-order valence-corrected chi connectivity index (χ1v) is 6.00. The van der Waals surface area contributed by atoms with Gasteiger partial charge in [0.05, 0.1) is 11.0 Å². The highest BCUT2D eigenvalue weighted by atomic mass is 32.1. The molecule has 1 aliphatic rings.